The van der Waals surface area contributed by atoms with Crippen molar-refractivity contribution in [2.45, 2.75) is 26.3 Å². The van der Waals surface area contributed by atoms with Gasteiger partial charge in [-0.15, -0.1) is 0 Å². The summed E-state index contributed by atoms with van der Waals surface area (Å²) in [4.78, 5) is 0. The lowest BCUT2D eigenvalue weighted by atomic mass is 10.1. The van der Waals surface area contributed by atoms with Gasteiger partial charge in [-0.2, -0.15) is 0 Å². The van der Waals surface area contributed by atoms with Crippen molar-refractivity contribution in [2.24, 2.45) is 0 Å². The Morgan fingerprint density at radius 3 is 2.63 bits per heavy atom. The number of nitrogens with one attached hydrogen (secondary N) is 1. The van der Waals surface area contributed by atoms with Gasteiger partial charge in [-0.05, 0) is 38.6 Å². The molecule has 108 valence electrons. The summed E-state index contributed by atoms with van der Waals surface area (Å²) >= 11 is 0. The SMILES string of the molecule is CCOCCCOc1ccc(C(C)NC)cc1OC. The summed E-state index contributed by atoms with van der Waals surface area (Å²) in [5, 5.41) is 3.21. The fourth-order valence-electron chi connectivity index (χ4n) is 1.73. The number of benzene rings is 1. The van der Waals surface area contributed by atoms with E-state index >= 15 is 0 Å². The second kappa shape index (κ2) is 8.77. The molecule has 0 saturated carbocycles. The van der Waals surface area contributed by atoms with E-state index in [1.54, 1.807) is 7.11 Å². The minimum Gasteiger partial charge on any atom is -0.493 e. The van der Waals surface area contributed by atoms with Gasteiger partial charge in [0.1, 0.15) is 0 Å². The van der Waals surface area contributed by atoms with E-state index in [0.717, 1.165) is 31.1 Å². The van der Waals surface area contributed by atoms with Crippen molar-refractivity contribution in [1.29, 1.82) is 0 Å². The Hall–Kier alpha value is -1.26. The first-order valence-electron chi connectivity index (χ1n) is 6.78. The molecule has 1 aromatic carbocycles. The minimum atomic E-state index is 0.293. The first kappa shape index (κ1) is 15.8. The monoisotopic (exact) mass is 267 g/mol. The number of methoxy groups -OCH3 is 1. The molecule has 1 aromatic rings. The van der Waals surface area contributed by atoms with Gasteiger partial charge < -0.3 is 19.5 Å². The zero-order valence-electron chi connectivity index (χ0n) is 12.4. The zero-order valence-corrected chi connectivity index (χ0v) is 12.4. The number of hydrogen-bond donors (Lipinski definition) is 1. The third-order valence-corrected chi connectivity index (χ3v) is 3.02. The molecule has 0 heterocycles. The van der Waals surface area contributed by atoms with E-state index in [2.05, 4.69) is 18.3 Å². The third kappa shape index (κ3) is 5.09. The fraction of sp³-hybridized carbons (Fsp3) is 0.600. The lowest BCUT2D eigenvalue weighted by Gasteiger charge is -2.15. The average Bonchev–Trinajstić information content (AvgIpc) is 2.46. The second-order valence-corrected chi connectivity index (χ2v) is 4.32. The molecular formula is C15H25NO3. The van der Waals surface area contributed by atoms with Gasteiger partial charge in [-0.1, -0.05) is 6.07 Å². The van der Waals surface area contributed by atoms with Crippen LogP contribution in [0.25, 0.3) is 0 Å². The number of ether oxygens (including phenoxy) is 3. The molecule has 4 nitrogen and oxygen atoms in total. The normalized spacial score (nSPS) is 12.2. The summed E-state index contributed by atoms with van der Waals surface area (Å²) in [5.41, 5.74) is 1.18. The highest BCUT2D eigenvalue weighted by Crippen LogP contribution is 2.30. The van der Waals surface area contributed by atoms with Gasteiger partial charge in [-0.25, -0.2) is 0 Å². The average molecular weight is 267 g/mol. The van der Waals surface area contributed by atoms with Crippen LogP contribution in [-0.2, 0) is 4.74 Å². The molecule has 0 aromatic heterocycles. The Kier molecular flexibility index (Phi) is 7.30. The molecule has 4 heteroatoms. The van der Waals surface area contributed by atoms with Gasteiger partial charge in [-0.3, -0.25) is 0 Å². The summed E-state index contributed by atoms with van der Waals surface area (Å²) < 4.78 is 16.4. The summed E-state index contributed by atoms with van der Waals surface area (Å²) in [6.07, 6.45) is 0.881. The summed E-state index contributed by atoms with van der Waals surface area (Å²) in [6, 6.07) is 6.32. The lowest BCUT2D eigenvalue weighted by Crippen LogP contribution is -2.12. The molecule has 0 radical (unpaired) electrons. The Balaban J connectivity index is 2.58. The molecule has 0 aliphatic heterocycles. The van der Waals surface area contributed by atoms with Crippen molar-refractivity contribution in [3.63, 3.8) is 0 Å². The highest BCUT2D eigenvalue weighted by atomic mass is 16.5. The van der Waals surface area contributed by atoms with Crippen LogP contribution >= 0.6 is 0 Å². The zero-order chi connectivity index (χ0) is 14.1. The van der Waals surface area contributed by atoms with Crippen molar-refractivity contribution >= 4 is 0 Å². The molecule has 1 unspecified atom stereocenters. The summed E-state index contributed by atoms with van der Waals surface area (Å²) in [7, 11) is 3.60. The second-order valence-electron chi connectivity index (χ2n) is 4.32. The highest BCUT2D eigenvalue weighted by molar-refractivity contribution is 5.43. The van der Waals surface area contributed by atoms with Gasteiger partial charge >= 0.3 is 0 Å². The van der Waals surface area contributed by atoms with Crippen LogP contribution in [0.4, 0.5) is 0 Å². The van der Waals surface area contributed by atoms with Gasteiger partial charge in [0.05, 0.1) is 13.7 Å². The maximum absolute atomic E-state index is 5.72. The quantitative estimate of drug-likeness (QED) is 0.698. The molecule has 0 bridgehead atoms. The van der Waals surface area contributed by atoms with Gasteiger partial charge in [0.2, 0.25) is 0 Å². The molecule has 0 fully saturated rings. The Labute approximate surface area is 116 Å². The Bertz CT molecular complexity index is 368. The van der Waals surface area contributed by atoms with Crippen molar-refractivity contribution in [3.8, 4) is 11.5 Å². The van der Waals surface area contributed by atoms with Crippen molar-refractivity contribution < 1.29 is 14.2 Å². The predicted octanol–water partition coefficient (Wildman–Crippen LogP) is 2.78. The van der Waals surface area contributed by atoms with E-state index in [1.165, 1.54) is 5.56 Å². The number of hydrogen-bond acceptors (Lipinski definition) is 4. The predicted molar refractivity (Wildman–Crippen MR) is 77.1 cm³/mol. The number of rotatable bonds is 9. The minimum absolute atomic E-state index is 0.293. The van der Waals surface area contributed by atoms with Gasteiger partial charge in [0, 0.05) is 25.7 Å². The third-order valence-electron chi connectivity index (χ3n) is 3.02. The molecule has 1 atom stereocenters. The first-order valence-corrected chi connectivity index (χ1v) is 6.78. The van der Waals surface area contributed by atoms with Crippen LogP contribution < -0.4 is 14.8 Å². The first-order chi connectivity index (χ1) is 9.22. The maximum Gasteiger partial charge on any atom is 0.161 e. The van der Waals surface area contributed by atoms with Crippen LogP contribution in [0.5, 0.6) is 11.5 Å². The summed E-state index contributed by atoms with van der Waals surface area (Å²) in [5.74, 6) is 1.56. The van der Waals surface area contributed by atoms with Crippen LogP contribution in [0.15, 0.2) is 18.2 Å². The van der Waals surface area contributed by atoms with E-state index in [0.29, 0.717) is 12.6 Å². The van der Waals surface area contributed by atoms with Gasteiger partial charge in [0.25, 0.3) is 0 Å². The van der Waals surface area contributed by atoms with Crippen LogP contribution in [0.2, 0.25) is 0 Å². The van der Waals surface area contributed by atoms with E-state index in [4.69, 9.17) is 14.2 Å². The molecule has 0 spiro atoms. The largest absolute Gasteiger partial charge is 0.493 e. The van der Waals surface area contributed by atoms with E-state index < -0.39 is 0 Å². The molecule has 1 rings (SSSR count). The molecule has 0 amide bonds. The van der Waals surface area contributed by atoms with Crippen molar-refractivity contribution in [2.75, 3.05) is 34.0 Å². The lowest BCUT2D eigenvalue weighted by molar-refractivity contribution is 0.130. The highest BCUT2D eigenvalue weighted by Gasteiger charge is 2.09. The fourth-order valence-corrected chi connectivity index (χ4v) is 1.73. The van der Waals surface area contributed by atoms with Crippen molar-refractivity contribution in [1.82, 2.24) is 5.32 Å². The van der Waals surface area contributed by atoms with Crippen molar-refractivity contribution in [3.05, 3.63) is 23.8 Å². The van der Waals surface area contributed by atoms with E-state index in [1.807, 2.05) is 26.1 Å². The van der Waals surface area contributed by atoms with Crippen LogP contribution in [0.3, 0.4) is 0 Å². The molecule has 0 aliphatic carbocycles. The smallest absolute Gasteiger partial charge is 0.161 e. The molecule has 1 N–H and O–H groups in total. The van der Waals surface area contributed by atoms with E-state index in [9.17, 15) is 0 Å². The summed E-state index contributed by atoms with van der Waals surface area (Å²) in [6.45, 7) is 6.22. The Morgan fingerprint density at radius 2 is 2.00 bits per heavy atom. The van der Waals surface area contributed by atoms with E-state index in [-0.39, 0.29) is 0 Å². The molecular weight excluding hydrogens is 242 g/mol. The van der Waals surface area contributed by atoms with Crippen LogP contribution in [0.1, 0.15) is 31.9 Å². The Morgan fingerprint density at radius 1 is 1.21 bits per heavy atom. The van der Waals surface area contributed by atoms with Crippen LogP contribution in [0, 0.1) is 0 Å². The van der Waals surface area contributed by atoms with Crippen LogP contribution in [-0.4, -0.2) is 34.0 Å². The standard InChI is InChI=1S/C15H25NO3/c1-5-18-9-6-10-19-14-8-7-13(12(2)16-3)11-15(14)17-4/h7-8,11-12,16H,5-6,9-10H2,1-4H3. The van der Waals surface area contributed by atoms with Gasteiger partial charge in [0.15, 0.2) is 11.5 Å². The molecule has 19 heavy (non-hydrogen) atoms. The molecule has 0 aliphatic rings. The molecule has 0 saturated heterocycles. The topological polar surface area (TPSA) is 39.7 Å². The maximum atomic E-state index is 5.72.